The summed E-state index contributed by atoms with van der Waals surface area (Å²) in [5.74, 6) is -0.241. The minimum Gasteiger partial charge on any atom is -0.507 e. The third kappa shape index (κ3) is 3.69. The maximum absolute atomic E-state index is 13.3. The number of likely N-dealkylation sites (tertiary alicyclic amines) is 1. The molecule has 0 bridgehead atoms. The fourth-order valence-electron chi connectivity index (χ4n) is 4.67. The number of amides is 1. The van der Waals surface area contributed by atoms with Crippen molar-refractivity contribution in [1.82, 2.24) is 9.88 Å². The minimum atomic E-state index is -0.790. The maximum atomic E-state index is 13.3. The van der Waals surface area contributed by atoms with Crippen molar-refractivity contribution in [2.24, 2.45) is 0 Å². The van der Waals surface area contributed by atoms with Crippen LogP contribution < -0.4 is 9.47 Å². The monoisotopic (exact) mass is 456 g/mol. The first-order valence-electron chi connectivity index (χ1n) is 11.1. The van der Waals surface area contributed by atoms with Gasteiger partial charge in [-0.3, -0.25) is 14.6 Å². The number of aromatic nitrogens is 1. The van der Waals surface area contributed by atoms with E-state index in [-0.39, 0.29) is 24.0 Å². The normalized spacial score (nSPS) is 20.8. The van der Waals surface area contributed by atoms with Crippen LogP contribution in [-0.4, -0.2) is 39.9 Å². The molecule has 0 saturated carbocycles. The summed E-state index contributed by atoms with van der Waals surface area (Å²) in [5, 5.41) is 11.3. The number of rotatable bonds is 5. The van der Waals surface area contributed by atoms with E-state index < -0.39 is 17.7 Å². The van der Waals surface area contributed by atoms with Crippen LogP contribution in [0.3, 0.4) is 0 Å². The first kappa shape index (κ1) is 21.7. The summed E-state index contributed by atoms with van der Waals surface area (Å²) in [6.07, 6.45) is 3.99. The average molecular weight is 456 g/mol. The molecular formula is C27H24N2O5. The number of ketones is 1. The number of pyridine rings is 1. The van der Waals surface area contributed by atoms with Crippen LogP contribution in [0.25, 0.3) is 5.76 Å². The van der Waals surface area contributed by atoms with Gasteiger partial charge in [-0.2, -0.15) is 0 Å². The summed E-state index contributed by atoms with van der Waals surface area (Å²) in [5.41, 5.74) is 2.86. The number of methoxy groups -OCH3 is 1. The number of carbonyl (C=O) groups excluding carboxylic acids is 2. The van der Waals surface area contributed by atoms with Gasteiger partial charge in [0.1, 0.15) is 23.4 Å². The van der Waals surface area contributed by atoms with Crippen molar-refractivity contribution < 1.29 is 24.2 Å². The van der Waals surface area contributed by atoms with Crippen LogP contribution >= 0.6 is 0 Å². The average Bonchev–Trinajstić information content (AvgIpc) is 3.35. The first-order chi connectivity index (χ1) is 16.5. The van der Waals surface area contributed by atoms with E-state index in [2.05, 4.69) is 4.98 Å². The molecule has 2 aliphatic rings. The summed E-state index contributed by atoms with van der Waals surface area (Å²) in [7, 11) is 1.56. The molecule has 2 atom stereocenters. The highest BCUT2D eigenvalue weighted by Crippen LogP contribution is 2.41. The quantitative estimate of drug-likeness (QED) is 0.354. The Morgan fingerprint density at radius 3 is 2.76 bits per heavy atom. The largest absolute Gasteiger partial charge is 0.507 e. The second kappa shape index (κ2) is 8.67. The van der Waals surface area contributed by atoms with Crippen molar-refractivity contribution in [1.29, 1.82) is 0 Å². The van der Waals surface area contributed by atoms with Gasteiger partial charge in [0.2, 0.25) is 0 Å². The van der Waals surface area contributed by atoms with Gasteiger partial charge >= 0.3 is 0 Å². The van der Waals surface area contributed by atoms with Gasteiger partial charge < -0.3 is 19.5 Å². The zero-order chi connectivity index (χ0) is 23.8. The third-order valence-corrected chi connectivity index (χ3v) is 6.24. The number of aliphatic hydroxyl groups excluding tert-OH is 1. The lowest BCUT2D eigenvalue weighted by molar-refractivity contribution is -0.140. The number of benzene rings is 2. The molecule has 7 nitrogen and oxygen atoms in total. The van der Waals surface area contributed by atoms with Crippen molar-refractivity contribution in [3.05, 3.63) is 94.8 Å². The molecule has 0 radical (unpaired) electrons. The minimum absolute atomic E-state index is 0.0415. The smallest absolute Gasteiger partial charge is 0.295 e. The summed E-state index contributed by atoms with van der Waals surface area (Å²) < 4.78 is 11.2. The highest BCUT2D eigenvalue weighted by Gasteiger charge is 2.46. The molecule has 1 saturated heterocycles. The molecule has 3 aromatic rings. The molecule has 0 spiro atoms. The molecule has 7 heteroatoms. The van der Waals surface area contributed by atoms with Gasteiger partial charge in [0.25, 0.3) is 11.7 Å². The molecular weight excluding hydrogens is 432 g/mol. The van der Waals surface area contributed by atoms with E-state index in [1.807, 2.05) is 31.2 Å². The Bertz CT molecular complexity index is 1300. The number of Topliss-reactive ketones (excluding diaryl/α,β-unsaturated/α-hetero) is 1. The molecule has 34 heavy (non-hydrogen) atoms. The summed E-state index contributed by atoms with van der Waals surface area (Å²) in [4.78, 5) is 32.1. The Balaban J connectivity index is 1.62. The van der Waals surface area contributed by atoms with E-state index in [0.717, 1.165) is 16.9 Å². The van der Waals surface area contributed by atoms with Gasteiger partial charge in [-0.25, -0.2) is 0 Å². The summed E-state index contributed by atoms with van der Waals surface area (Å²) >= 11 is 0. The highest BCUT2D eigenvalue weighted by atomic mass is 16.5. The number of aliphatic hydroxyl groups is 1. The molecule has 5 rings (SSSR count). The standard InChI is InChI=1S/C27H24N2O5/c1-16-12-20-13-17(9-10-22(20)34-16)25(30)23-24(18-7-5-11-28-14-18)29(27(32)26(23)31)15-19-6-3-4-8-21(19)33-2/h3-11,13-14,16,24,30H,12,15H2,1-2H3/b25-23-. The van der Waals surface area contributed by atoms with Crippen molar-refractivity contribution in [2.45, 2.75) is 32.0 Å². The van der Waals surface area contributed by atoms with Crippen molar-refractivity contribution in [3.8, 4) is 11.5 Å². The number of hydrogen-bond acceptors (Lipinski definition) is 6. The Hall–Kier alpha value is -4.13. The fraction of sp³-hybridized carbons (Fsp3) is 0.222. The molecule has 0 aliphatic carbocycles. The van der Waals surface area contributed by atoms with Crippen LogP contribution in [-0.2, 0) is 22.6 Å². The van der Waals surface area contributed by atoms with Crippen molar-refractivity contribution in [3.63, 3.8) is 0 Å². The van der Waals surface area contributed by atoms with Gasteiger partial charge in [-0.05, 0) is 48.4 Å². The fourth-order valence-corrected chi connectivity index (χ4v) is 4.67. The predicted octanol–water partition coefficient (Wildman–Crippen LogP) is 4.04. The predicted molar refractivity (Wildman–Crippen MR) is 125 cm³/mol. The molecule has 2 unspecified atom stereocenters. The van der Waals surface area contributed by atoms with E-state index in [0.29, 0.717) is 23.3 Å². The van der Waals surface area contributed by atoms with Crippen LogP contribution in [0, 0.1) is 0 Å². The topological polar surface area (TPSA) is 89.0 Å². The van der Waals surface area contributed by atoms with Gasteiger partial charge in [0, 0.05) is 29.9 Å². The molecule has 1 amide bonds. The second-order valence-electron chi connectivity index (χ2n) is 8.48. The molecule has 172 valence electrons. The van der Waals surface area contributed by atoms with Crippen LogP contribution in [0.15, 0.2) is 72.6 Å². The number of ether oxygens (including phenoxy) is 2. The number of carbonyl (C=O) groups is 2. The maximum Gasteiger partial charge on any atom is 0.295 e. The Morgan fingerprint density at radius 2 is 2.00 bits per heavy atom. The van der Waals surface area contributed by atoms with Crippen molar-refractivity contribution in [2.75, 3.05) is 7.11 Å². The lowest BCUT2D eigenvalue weighted by Crippen LogP contribution is -2.29. The summed E-state index contributed by atoms with van der Waals surface area (Å²) in [6, 6.07) is 15.4. The zero-order valence-corrected chi connectivity index (χ0v) is 18.9. The van der Waals surface area contributed by atoms with E-state index >= 15 is 0 Å². The van der Waals surface area contributed by atoms with Crippen LogP contribution in [0.5, 0.6) is 11.5 Å². The van der Waals surface area contributed by atoms with Crippen LogP contribution in [0.2, 0.25) is 0 Å². The number of hydrogen-bond donors (Lipinski definition) is 1. The molecule has 1 aromatic heterocycles. The van der Waals surface area contributed by atoms with E-state index in [4.69, 9.17) is 9.47 Å². The molecule has 3 heterocycles. The Kier molecular flexibility index (Phi) is 5.53. The lowest BCUT2D eigenvalue weighted by atomic mass is 9.95. The van der Waals surface area contributed by atoms with E-state index in [9.17, 15) is 14.7 Å². The highest BCUT2D eigenvalue weighted by molar-refractivity contribution is 6.46. The zero-order valence-electron chi connectivity index (χ0n) is 18.9. The van der Waals surface area contributed by atoms with Gasteiger partial charge in [-0.15, -0.1) is 0 Å². The first-order valence-corrected chi connectivity index (χ1v) is 11.1. The third-order valence-electron chi connectivity index (χ3n) is 6.24. The number of fused-ring (bicyclic) bond motifs is 1. The van der Waals surface area contributed by atoms with Gasteiger partial charge in [0.05, 0.1) is 25.3 Å². The number of para-hydroxylation sites is 1. The molecule has 2 aromatic carbocycles. The van der Waals surface area contributed by atoms with E-state index in [1.165, 1.54) is 4.90 Å². The van der Waals surface area contributed by atoms with Crippen LogP contribution in [0.4, 0.5) is 0 Å². The van der Waals surface area contributed by atoms with Crippen LogP contribution in [0.1, 0.15) is 35.2 Å². The summed E-state index contributed by atoms with van der Waals surface area (Å²) in [6.45, 7) is 2.12. The van der Waals surface area contributed by atoms with E-state index in [1.54, 1.807) is 49.8 Å². The Morgan fingerprint density at radius 1 is 1.18 bits per heavy atom. The molecule has 1 fully saturated rings. The van der Waals surface area contributed by atoms with Crippen molar-refractivity contribution >= 4 is 17.4 Å². The second-order valence-corrected chi connectivity index (χ2v) is 8.48. The molecule has 2 aliphatic heterocycles. The Labute approximate surface area is 197 Å². The molecule has 1 N–H and O–H groups in total. The van der Waals surface area contributed by atoms with Gasteiger partial charge in [-0.1, -0.05) is 24.3 Å². The number of nitrogens with zero attached hydrogens (tertiary/aromatic N) is 2. The SMILES string of the molecule is COc1ccccc1CN1C(=O)C(=O)/C(=C(\O)c2ccc3c(c2)CC(C)O3)C1c1cccnc1. The lowest BCUT2D eigenvalue weighted by Gasteiger charge is -2.25. The van der Waals surface area contributed by atoms with Gasteiger partial charge in [0.15, 0.2) is 0 Å².